The molecule has 0 fully saturated rings. The van der Waals surface area contributed by atoms with Gasteiger partial charge < -0.3 is 10.2 Å². The highest BCUT2D eigenvalue weighted by Gasteiger charge is 2.31. The van der Waals surface area contributed by atoms with Gasteiger partial charge in [0.15, 0.2) is 0 Å². The average Bonchev–Trinajstić information content (AvgIpc) is 2.77. The van der Waals surface area contributed by atoms with Gasteiger partial charge in [0, 0.05) is 18.7 Å². The minimum Gasteiger partial charge on any atom is -0.354 e. The molecule has 0 aliphatic carbocycles. The Balaban J connectivity index is 2.41. The van der Waals surface area contributed by atoms with Crippen LogP contribution in [-0.2, 0) is 26.2 Å². The summed E-state index contributed by atoms with van der Waals surface area (Å²) in [6, 6.07) is 10.3. The number of rotatable bonds is 11. The van der Waals surface area contributed by atoms with Gasteiger partial charge in [-0.15, -0.1) is 0 Å². The number of carbonyl (C=O) groups is 2. The van der Waals surface area contributed by atoms with Gasteiger partial charge in [0.2, 0.25) is 21.8 Å². The molecule has 2 aromatic rings. The number of nitrogens with zero attached hydrogens (tertiary/aromatic N) is 2. The highest BCUT2D eigenvalue weighted by Crippen LogP contribution is 2.25. The maximum atomic E-state index is 14.4. The van der Waals surface area contributed by atoms with Crippen LogP contribution >= 0.6 is 0 Å². The van der Waals surface area contributed by atoms with Gasteiger partial charge in [-0.1, -0.05) is 43.7 Å². The molecule has 0 saturated heterocycles. The molecular weight excluding hydrogens is 457 g/mol. The first-order valence-corrected chi connectivity index (χ1v) is 13.2. The molecule has 2 amide bonds. The number of halogens is 1. The van der Waals surface area contributed by atoms with Crippen molar-refractivity contribution in [1.29, 1.82) is 0 Å². The van der Waals surface area contributed by atoms with Crippen molar-refractivity contribution >= 4 is 27.5 Å². The Morgan fingerprint density at radius 2 is 1.76 bits per heavy atom. The van der Waals surface area contributed by atoms with Crippen LogP contribution < -0.4 is 9.62 Å². The summed E-state index contributed by atoms with van der Waals surface area (Å²) in [5, 5.41) is 2.79. The second-order valence-electron chi connectivity index (χ2n) is 8.42. The van der Waals surface area contributed by atoms with Gasteiger partial charge in [-0.05, 0) is 50.5 Å². The van der Waals surface area contributed by atoms with E-state index in [1.54, 1.807) is 32.0 Å². The maximum Gasteiger partial charge on any atom is 0.244 e. The number of hydrogen-bond acceptors (Lipinski definition) is 4. The molecule has 9 heteroatoms. The first kappa shape index (κ1) is 27.3. The van der Waals surface area contributed by atoms with Crippen LogP contribution in [0.5, 0.6) is 0 Å². The van der Waals surface area contributed by atoms with Gasteiger partial charge in [0.05, 0.1) is 11.9 Å². The standard InChI is InChI=1S/C25H34FN3O4S/c1-6-7-15-27-25(31)20(4)28(16-21-12-8-9-13-22(21)26)24(30)17-29(34(5,32)33)23-14-10-11-18(2)19(23)3/h8-14,20H,6-7,15-17H2,1-5H3,(H,27,31)/t20-/m0/s1. The maximum absolute atomic E-state index is 14.4. The molecule has 34 heavy (non-hydrogen) atoms. The van der Waals surface area contributed by atoms with Crippen LogP contribution in [-0.4, -0.2) is 50.5 Å². The Hall–Kier alpha value is -2.94. The summed E-state index contributed by atoms with van der Waals surface area (Å²) in [4.78, 5) is 27.5. The summed E-state index contributed by atoms with van der Waals surface area (Å²) >= 11 is 0. The number of sulfonamides is 1. The molecule has 186 valence electrons. The monoisotopic (exact) mass is 491 g/mol. The largest absolute Gasteiger partial charge is 0.354 e. The van der Waals surface area contributed by atoms with E-state index in [0.717, 1.165) is 34.5 Å². The first-order valence-electron chi connectivity index (χ1n) is 11.3. The molecular formula is C25H34FN3O4S. The van der Waals surface area contributed by atoms with Gasteiger partial charge in [0.1, 0.15) is 18.4 Å². The molecule has 0 unspecified atom stereocenters. The van der Waals surface area contributed by atoms with Crippen molar-refractivity contribution in [2.45, 2.75) is 53.1 Å². The summed E-state index contributed by atoms with van der Waals surface area (Å²) in [6.45, 7) is 6.98. The minimum absolute atomic E-state index is 0.168. The molecule has 0 radical (unpaired) electrons. The van der Waals surface area contributed by atoms with E-state index in [0.29, 0.717) is 12.2 Å². The van der Waals surface area contributed by atoms with Crippen LogP contribution in [0.4, 0.5) is 10.1 Å². The number of amides is 2. The van der Waals surface area contributed by atoms with Gasteiger partial charge >= 0.3 is 0 Å². The van der Waals surface area contributed by atoms with Crippen LogP contribution in [0.1, 0.15) is 43.4 Å². The van der Waals surface area contributed by atoms with Crippen molar-refractivity contribution in [3.8, 4) is 0 Å². The quantitative estimate of drug-likeness (QED) is 0.487. The third kappa shape index (κ3) is 7.03. The minimum atomic E-state index is -3.82. The second kappa shape index (κ2) is 12.0. The molecule has 0 heterocycles. The molecule has 0 bridgehead atoms. The third-order valence-electron chi connectivity index (χ3n) is 5.82. The highest BCUT2D eigenvalue weighted by molar-refractivity contribution is 7.92. The number of hydrogen-bond donors (Lipinski definition) is 1. The van der Waals surface area contributed by atoms with Gasteiger partial charge in [-0.25, -0.2) is 12.8 Å². The zero-order valence-corrected chi connectivity index (χ0v) is 21.3. The lowest BCUT2D eigenvalue weighted by Crippen LogP contribution is -2.51. The van der Waals surface area contributed by atoms with Crippen molar-refractivity contribution in [3.63, 3.8) is 0 Å². The van der Waals surface area contributed by atoms with Crippen molar-refractivity contribution < 1.29 is 22.4 Å². The number of benzene rings is 2. The number of aryl methyl sites for hydroxylation is 1. The SMILES string of the molecule is CCCCNC(=O)[C@H](C)N(Cc1ccccc1F)C(=O)CN(c1cccc(C)c1C)S(C)(=O)=O. The fourth-order valence-corrected chi connectivity index (χ4v) is 4.43. The molecule has 0 spiro atoms. The summed E-state index contributed by atoms with van der Waals surface area (Å²) in [5.74, 6) is -1.49. The topological polar surface area (TPSA) is 86.8 Å². The Labute approximate surface area is 202 Å². The van der Waals surface area contributed by atoms with Crippen LogP contribution in [0.2, 0.25) is 0 Å². The fraction of sp³-hybridized carbons (Fsp3) is 0.440. The highest BCUT2D eigenvalue weighted by atomic mass is 32.2. The lowest BCUT2D eigenvalue weighted by molar-refractivity contribution is -0.139. The van der Waals surface area contributed by atoms with Crippen LogP contribution in [0.25, 0.3) is 0 Å². The molecule has 2 aromatic carbocycles. The normalized spacial score (nSPS) is 12.2. The van der Waals surface area contributed by atoms with E-state index in [1.807, 2.05) is 19.9 Å². The van der Waals surface area contributed by atoms with Crippen molar-refractivity contribution in [2.24, 2.45) is 0 Å². The number of anilines is 1. The van der Waals surface area contributed by atoms with E-state index < -0.39 is 34.3 Å². The molecule has 0 saturated carbocycles. The summed E-state index contributed by atoms with van der Waals surface area (Å²) in [5.41, 5.74) is 2.24. The van der Waals surface area contributed by atoms with Crippen LogP contribution in [0, 0.1) is 19.7 Å². The van der Waals surface area contributed by atoms with Gasteiger partial charge in [0.25, 0.3) is 0 Å². The molecule has 7 nitrogen and oxygen atoms in total. The zero-order valence-electron chi connectivity index (χ0n) is 20.5. The van der Waals surface area contributed by atoms with E-state index in [1.165, 1.54) is 23.1 Å². The van der Waals surface area contributed by atoms with Gasteiger partial charge in [-0.2, -0.15) is 0 Å². The number of nitrogens with one attached hydrogen (secondary N) is 1. The Kier molecular flexibility index (Phi) is 9.61. The van der Waals surface area contributed by atoms with Crippen molar-refractivity contribution in [1.82, 2.24) is 10.2 Å². The molecule has 0 aromatic heterocycles. The van der Waals surface area contributed by atoms with E-state index in [9.17, 15) is 22.4 Å². The molecule has 1 atom stereocenters. The zero-order chi connectivity index (χ0) is 25.5. The predicted molar refractivity (Wildman–Crippen MR) is 132 cm³/mol. The molecule has 0 aliphatic heterocycles. The van der Waals surface area contributed by atoms with E-state index in [4.69, 9.17) is 0 Å². The summed E-state index contributed by atoms with van der Waals surface area (Å²) in [7, 11) is -3.82. The van der Waals surface area contributed by atoms with E-state index >= 15 is 0 Å². The Morgan fingerprint density at radius 3 is 2.38 bits per heavy atom. The predicted octanol–water partition coefficient (Wildman–Crippen LogP) is 3.54. The molecule has 0 aliphatic rings. The van der Waals surface area contributed by atoms with E-state index in [-0.39, 0.29) is 18.0 Å². The Bertz CT molecular complexity index is 1120. The van der Waals surface area contributed by atoms with E-state index in [2.05, 4.69) is 5.32 Å². The summed E-state index contributed by atoms with van der Waals surface area (Å²) < 4.78 is 40.8. The number of unbranched alkanes of at least 4 members (excludes halogenated alkanes) is 1. The third-order valence-corrected chi connectivity index (χ3v) is 6.95. The first-order chi connectivity index (χ1) is 16.0. The summed E-state index contributed by atoms with van der Waals surface area (Å²) in [6.07, 6.45) is 2.71. The van der Waals surface area contributed by atoms with Crippen LogP contribution in [0.3, 0.4) is 0 Å². The van der Waals surface area contributed by atoms with Crippen molar-refractivity contribution in [2.75, 3.05) is 23.7 Å². The molecule has 2 rings (SSSR count). The van der Waals surface area contributed by atoms with Gasteiger partial charge in [-0.3, -0.25) is 13.9 Å². The average molecular weight is 492 g/mol. The molecule has 1 N–H and O–H groups in total. The second-order valence-corrected chi connectivity index (χ2v) is 10.3. The lowest BCUT2D eigenvalue weighted by Gasteiger charge is -2.32. The van der Waals surface area contributed by atoms with Crippen LogP contribution in [0.15, 0.2) is 42.5 Å². The Morgan fingerprint density at radius 1 is 1.09 bits per heavy atom. The fourth-order valence-electron chi connectivity index (χ4n) is 3.53. The lowest BCUT2D eigenvalue weighted by atomic mass is 10.1. The smallest absolute Gasteiger partial charge is 0.244 e. The van der Waals surface area contributed by atoms with Crippen molar-refractivity contribution in [3.05, 3.63) is 65.0 Å². The number of carbonyl (C=O) groups excluding carboxylic acids is 2.